The highest BCUT2D eigenvalue weighted by molar-refractivity contribution is 9.10. The summed E-state index contributed by atoms with van der Waals surface area (Å²) in [6.45, 7) is 0.363. The van der Waals surface area contributed by atoms with Gasteiger partial charge in [0, 0.05) is 5.41 Å². The van der Waals surface area contributed by atoms with Gasteiger partial charge >= 0.3 is 5.69 Å². The second-order valence-electron chi connectivity index (χ2n) is 5.15. The van der Waals surface area contributed by atoms with Crippen molar-refractivity contribution >= 4 is 34.2 Å². The van der Waals surface area contributed by atoms with Crippen LogP contribution in [0.15, 0.2) is 16.6 Å². The van der Waals surface area contributed by atoms with Crippen molar-refractivity contribution in [2.24, 2.45) is 5.41 Å². The first-order chi connectivity index (χ1) is 9.47. The first-order valence-electron chi connectivity index (χ1n) is 6.34. The van der Waals surface area contributed by atoms with E-state index in [-0.39, 0.29) is 21.3 Å². The lowest BCUT2D eigenvalue weighted by molar-refractivity contribution is -0.386. The number of benzene rings is 1. The highest BCUT2D eigenvalue weighted by atomic mass is 79.9. The molecule has 1 aliphatic rings. The maximum Gasteiger partial charge on any atom is 0.315 e. The average molecular weight is 364 g/mol. The Labute approximate surface area is 130 Å². The molecule has 0 saturated heterocycles. The molecule has 0 spiro atoms. The van der Waals surface area contributed by atoms with Crippen LogP contribution in [0, 0.1) is 21.3 Å². The summed E-state index contributed by atoms with van der Waals surface area (Å²) in [7, 11) is 0. The number of halogens is 2. The minimum absolute atomic E-state index is 0.0369. The molecule has 1 aliphatic carbocycles. The Morgan fingerprint density at radius 2 is 2.10 bits per heavy atom. The molecule has 4 nitrogen and oxygen atoms in total. The number of hydrogen-bond donors (Lipinski definition) is 1. The Balaban J connectivity index is 2.22. The van der Waals surface area contributed by atoms with Gasteiger partial charge in [-0.25, -0.2) is 4.39 Å². The minimum atomic E-state index is -0.666. The zero-order valence-electron chi connectivity index (χ0n) is 10.8. The fourth-order valence-electron chi connectivity index (χ4n) is 2.52. The second-order valence-corrected chi connectivity index (χ2v) is 6.32. The van der Waals surface area contributed by atoms with E-state index >= 15 is 0 Å². The fourth-order valence-corrected chi connectivity index (χ4v) is 3.47. The average Bonchev–Trinajstić information content (AvgIpc) is 2.86. The summed E-state index contributed by atoms with van der Waals surface area (Å²) in [4.78, 5) is 10.4. The number of ether oxygens (including phenoxy) is 1. The Hall–Kier alpha value is -0.820. The first kappa shape index (κ1) is 15.6. The summed E-state index contributed by atoms with van der Waals surface area (Å²) >= 11 is 7.50. The maximum atomic E-state index is 13.2. The van der Waals surface area contributed by atoms with E-state index in [1.807, 2.05) is 0 Å². The van der Waals surface area contributed by atoms with Gasteiger partial charge in [-0.3, -0.25) is 10.1 Å². The monoisotopic (exact) mass is 363 g/mol. The van der Waals surface area contributed by atoms with E-state index in [1.54, 1.807) is 0 Å². The topological polar surface area (TPSA) is 52.4 Å². The molecule has 0 heterocycles. The molecule has 1 aromatic rings. The number of rotatable bonds is 5. The van der Waals surface area contributed by atoms with Crippen LogP contribution in [0.3, 0.4) is 0 Å². The van der Waals surface area contributed by atoms with Gasteiger partial charge in [0.05, 0.1) is 22.1 Å². The highest BCUT2D eigenvalue weighted by Crippen LogP contribution is 2.42. The predicted molar refractivity (Wildman–Crippen MR) is 81.0 cm³/mol. The van der Waals surface area contributed by atoms with E-state index in [4.69, 9.17) is 4.74 Å². The molecule has 0 bridgehead atoms. The molecule has 0 aliphatic heterocycles. The number of thiol groups is 1. The molecule has 0 atom stereocenters. The Bertz CT molecular complexity index is 521. The molecule has 20 heavy (non-hydrogen) atoms. The van der Waals surface area contributed by atoms with E-state index in [2.05, 4.69) is 28.6 Å². The largest absolute Gasteiger partial charge is 0.485 e. The third kappa shape index (κ3) is 3.25. The standard InChI is InChI=1S/C13H15BrFNO3S/c14-10-5-9(15)6-11(16(17)18)12(10)19-7-13(8-20)3-1-2-4-13/h5-6,20H,1-4,7-8H2. The van der Waals surface area contributed by atoms with Gasteiger partial charge in [0.25, 0.3) is 0 Å². The summed E-state index contributed by atoms with van der Waals surface area (Å²) in [5.74, 6) is 0.102. The molecule has 0 radical (unpaired) electrons. The molecule has 0 amide bonds. The van der Waals surface area contributed by atoms with Gasteiger partial charge in [0.15, 0.2) is 0 Å². The molecule has 7 heteroatoms. The van der Waals surface area contributed by atoms with Crippen molar-refractivity contribution in [1.29, 1.82) is 0 Å². The number of hydrogen-bond acceptors (Lipinski definition) is 4. The molecule has 2 rings (SSSR count). The summed E-state index contributed by atoms with van der Waals surface area (Å²) in [5.41, 5.74) is -0.394. The van der Waals surface area contributed by atoms with Gasteiger partial charge in [-0.2, -0.15) is 12.6 Å². The summed E-state index contributed by atoms with van der Waals surface area (Å²) < 4.78 is 19.2. The Morgan fingerprint density at radius 1 is 1.45 bits per heavy atom. The lowest BCUT2D eigenvalue weighted by atomic mass is 9.90. The molecule has 1 fully saturated rings. The van der Waals surface area contributed by atoms with E-state index in [0.717, 1.165) is 31.7 Å². The van der Waals surface area contributed by atoms with E-state index in [0.29, 0.717) is 12.4 Å². The Kier molecular flexibility index (Phi) is 4.90. The fraction of sp³-hybridized carbons (Fsp3) is 0.538. The van der Waals surface area contributed by atoms with E-state index in [9.17, 15) is 14.5 Å². The van der Waals surface area contributed by atoms with Crippen molar-refractivity contribution in [1.82, 2.24) is 0 Å². The second kappa shape index (κ2) is 6.30. The van der Waals surface area contributed by atoms with Crippen LogP contribution in [0.5, 0.6) is 5.75 Å². The highest BCUT2D eigenvalue weighted by Gasteiger charge is 2.34. The van der Waals surface area contributed by atoms with Crippen LogP contribution in [0.1, 0.15) is 25.7 Å². The van der Waals surface area contributed by atoms with Crippen molar-refractivity contribution in [3.8, 4) is 5.75 Å². The lowest BCUT2D eigenvalue weighted by Crippen LogP contribution is -2.27. The third-order valence-electron chi connectivity index (χ3n) is 3.71. The van der Waals surface area contributed by atoms with E-state index in [1.165, 1.54) is 6.07 Å². The van der Waals surface area contributed by atoms with Crippen LogP contribution in [0.2, 0.25) is 0 Å². The molecule has 1 aromatic carbocycles. The van der Waals surface area contributed by atoms with Crippen LogP contribution in [-0.2, 0) is 0 Å². The number of nitro groups is 1. The van der Waals surface area contributed by atoms with Crippen molar-refractivity contribution < 1.29 is 14.1 Å². The van der Waals surface area contributed by atoms with Crippen LogP contribution in [-0.4, -0.2) is 17.3 Å². The predicted octanol–water partition coefficient (Wildman–Crippen LogP) is 4.37. The Morgan fingerprint density at radius 3 is 2.65 bits per heavy atom. The smallest absolute Gasteiger partial charge is 0.315 e. The normalized spacial score (nSPS) is 17.1. The molecule has 0 N–H and O–H groups in total. The van der Waals surface area contributed by atoms with Gasteiger partial charge in [-0.05, 0) is 40.6 Å². The van der Waals surface area contributed by atoms with Crippen LogP contribution < -0.4 is 4.74 Å². The molecule has 0 aromatic heterocycles. The molecule has 1 saturated carbocycles. The summed E-state index contributed by atoms with van der Waals surface area (Å²) in [6, 6.07) is 2.05. The third-order valence-corrected chi connectivity index (χ3v) is 4.97. The zero-order chi connectivity index (χ0) is 14.8. The first-order valence-corrected chi connectivity index (χ1v) is 7.77. The van der Waals surface area contributed by atoms with Crippen molar-refractivity contribution in [2.75, 3.05) is 12.4 Å². The number of nitro benzene ring substituents is 1. The quantitative estimate of drug-likeness (QED) is 0.480. The van der Waals surface area contributed by atoms with Crippen LogP contribution in [0.25, 0.3) is 0 Å². The van der Waals surface area contributed by atoms with Gasteiger partial charge in [-0.1, -0.05) is 12.8 Å². The lowest BCUT2D eigenvalue weighted by Gasteiger charge is -2.26. The summed E-state index contributed by atoms with van der Waals surface area (Å²) in [5, 5.41) is 11.0. The van der Waals surface area contributed by atoms with Gasteiger partial charge in [0.1, 0.15) is 5.82 Å². The van der Waals surface area contributed by atoms with Gasteiger partial charge in [-0.15, -0.1) is 0 Å². The van der Waals surface area contributed by atoms with Gasteiger partial charge in [0.2, 0.25) is 5.75 Å². The van der Waals surface area contributed by atoms with Crippen LogP contribution >= 0.6 is 28.6 Å². The van der Waals surface area contributed by atoms with Gasteiger partial charge < -0.3 is 4.74 Å². The van der Waals surface area contributed by atoms with Crippen molar-refractivity contribution in [2.45, 2.75) is 25.7 Å². The van der Waals surface area contributed by atoms with Crippen molar-refractivity contribution in [3.63, 3.8) is 0 Å². The van der Waals surface area contributed by atoms with Crippen molar-refractivity contribution in [3.05, 3.63) is 32.5 Å². The molecule has 110 valence electrons. The number of nitrogens with zero attached hydrogens (tertiary/aromatic N) is 1. The van der Waals surface area contributed by atoms with Crippen LogP contribution in [0.4, 0.5) is 10.1 Å². The molecular weight excluding hydrogens is 349 g/mol. The SMILES string of the molecule is O=[N+]([O-])c1cc(F)cc(Br)c1OCC1(CS)CCCC1. The molecular formula is C13H15BrFNO3S. The molecule has 0 unspecified atom stereocenters. The summed E-state index contributed by atoms with van der Waals surface area (Å²) in [6.07, 6.45) is 4.25. The minimum Gasteiger partial charge on any atom is -0.485 e. The van der Waals surface area contributed by atoms with E-state index < -0.39 is 10.7 Å². The maximum absolute atomic E-state index is 13.2. The zero-order valence-corrected chi connectivity index (χ0v) is 13.3.